The molecular weight excluding hydrogens is 209 g/mol. The maximum absolute atomic E-state index is 12.6. The summed E-state index contributed by atoms with van der Waals surface area (Å²) in [7, 11) is -2.56. The first-order valence-corrected chi connectivity index (χ1v) is 7.40. The highest BCUT2D eigenvalue weighted by Crippen LogP contribution is 2.57. The predicted molar refractivity (Wildman–Crippen MR) is 64.3 cm³/mol. The smallest absolute Gasteiger partial charge is 0.274 e. The Kier molecular flexibility index (Phi) is 4.02. The second-order valence-electron chi connectivity index (χ2n) is 5.79. The molecule has 0 saturated carbocycles. The minimum absolute atomic E-state index is 0.0974. The van der Waals surface area contributed by atoms with Crippen LogP contribution in [0.1, 0.15) is 41.0 Å². The van der Waals surface area contributed by atoms with E-state index in [1.165, 1.54) is 0 Å². The Morgan fingerprint density at radius 3 is 2.47 bits per heavy atom. The number of rotatable bonds is 2. The number of hydrogen-bond acceptors (Lipinski definition) is 2. The van der Waals surface area contributed by atoms with Gasteiger partial charge in [-0.1, -0.05) is 34.6 Å². The summed E-state index contributed by atoms with van der Waals surface area (Å²) < 4.78 is 20.3. The molecule has 1 saturated heterocycles. The second kappa shape index (κ2) is 4.57. The molecule has 3 nitrogen and oxygen atoms in total. The molecule has 0 aromatic carbocycles. The molecule has 1 atom stereocenters. The van der Waals surface area contributed by atoms with Crippen molar-refractivity contribution in [2.24, 2.45) is 5.41 Å². The minimum Gasteiger partial charge on any atom is -0.317 e. The lowest BCUT2D eigenvalue weighted by molar-refractivity contribution is 0.172. The monoisotopic (exact) mass is 233 g/mol. The van der Waals surface area contributed by atoms with Crippen LogP contribution in [0.5, 0.6) is 0 Å². The van der Waals surface area contributed by atoms with Crippen molar-refractivity contribution in [3.63, 3.8) is 0 Å². The van der Waals surface area contributed by atoms with E-state index in [9.17, 15) is 4.57 Å². The molecule has 0 N–H and O–H groups in total. The van der Waals surface area contributed by atoms with Gasteiger partial charge in [-0.05, 0) is 11.8 Å². The Morgan fingerprint density at radius 1 is 1.40 bits per heavy atom. The molecule has 0 aromatic heterocycles. The lowest BCUT2D eigenvalue weighted by atomic mass is 9.97. The highest BCUT2D eigenvalue weighted by Gasteiger charge is 2.39. The van der Waals surface area contributed by atoms with Crippen LogP contribution in [0.25, 0.3) is 0 Å². The molecule has 0 spiro atoms. The topological polar surface area (TPSA) is 29.5 Å². The third-order valence-electron chi connectivity index (χ3n) is 2.54. The fraction of sp³-hybridized carbons (Fsp3) is 1.00. The zero-order chi connectivity index (χ0) is 11.7. The van der Waals surface area contributed by atoms with Gasteiger partial charge in [0.05, 0.1) is 6.61 Å². The third-order valence-corrected chi connectivity index (χ3v) is 5.53. The zero-order valence-electron chi connectivity index (χ0n) is 10.6. The summed E-state index contributed by atoms with van der Waals surface area (Å²) in [6.07, 6.45) is 0.993. The Labute approximate surface area is 93.7 Å². The average molecular weight is 233 g/mol. The van der Waals surface area contributed by atoms with E-state index in [0.29, 0.717) is 6.61 Å². The Bertz CT molecular complexity index is 258. The van der Waals surface area contributed by atoms with Crippen LogP contribution in [-0.2, 0) is 9.09 Å². The van der Waals surface area contributed by atoms with Gasteiger partial charge >= 0.3 is 0 Å². The van der Waals surface area contributed by atoms with Gasteiger partial charge in [0.1, 0.15) is 0 Å². The Hall–Kier alpha value is 0.150. The van der Waals surface area contributed by atoms with Crippen LogP contribution in [0.4, 0.5) is 0 Å². The van der Waals surface area contributed by atoms with Crippen molar-refractivity contribution in [2.75, 3.05) is 19.7 Å². The van der Waals surface area contributed by atoms with Crippen molar-refractivity contribution in [3.05, 3.63) is 0 Å². The van der Waals surface area contributed by atoms with Crippen LogP contribution in [-0.4, -0.2) is 30.0 Å². The molecule has 0 aliphatic carbocycles. The lowest BCUT2D eigenvalue weighted by Crippen LogP contribution is -2.37. The van der Waals surface area contributed by atoms with E-state index >= 15 is 0 Å². The summed E-state index contributed by atoms with van der Waals surface area (Å²) in [5.41, 5.74) is 0.269. The molecule has 4 heteroatoms. The molecule has 0 unspecified atom stereocenters. The molecular formula is C11H24NO2P. The molecule has 1 heterocycles. The molecule has 1 rings (SSSR count). The molecule has 15 heavy (non-hydrogen) atoms. The van der Waals surface area contributed by atoms with Crippen molar-refractivity contribution in [1.29, 1.82) is 0 Å². The van der Waals surface area contributed by atoms with Crippen LogP contribution < -0.4 is 0 Å². The van der Waals surface area contributed by atoms with Crippen molar-refractivity contribution < 1.29 is 9.09 Å². The summed E-state index contributed by atoms with van der Waals surface area (Å²) in [6, 6.07) is 0. The zero-order valence-corrected chi connectivity index (χ0v) is 11.5. The molecule has 1 aliphatic rings. The van der Waals surface area contributed by atoms with Gasteiger partial charge in [0.2, 0.25) is 0 Å². The first-order valence-electron chi connectivity index (χ1n) is 5.75. The summed E-state index contributed by atoms with van der Waals surface area (Å²) in [5.74, 6) is 0. The molecule has 1 fully saturated rings. The number of hydrogen-bond donors (Lipinski definition) is 0. The molecule has 90 valence electrons. The Morgan fingerprint density at radius 2 is 2.00 bits per heavy atom. The van der Waals surface area contributed by atoms with Crippen LogP contribution in [0.2, 0.25) is 0 Å². The molecule has 1 aliphatic heterocycles. The highest BCUT2D eigenvalue weighted by molar-refractivity contribution is 7.57. The maximum Gasteiger partial charge on any atom is 0.274 e. The molecule has 0 radical (unpaired) electrons. The normalized spacial score (nSPS) is 29.7. The fourth-order valence-corrected chi connectivity index (χ4v) is 4.41. The van der Waals surface area contributed by atoms with E-state index < -0.39 is 7.52 Å². The van der Waals surface area contributed by atoms with E-state index in [0.717, 1.165) is 19.5 Å². The first-order chi connectivity index (χ1) is 6.76. The molecule has 0 bridgehead atoms. The molecule has 0 aromatic rings. The lowest BCUT2D eigenvalue weighted by Gasteiger charge is -2.40. The van der Waals surface area contributed by atoms with Crippen molar-refractivity contribution in [1.82, 2.24) is 4.67 Å². The predicted octanol–water partition coefficient (Wildman–Crippen LogP) is 3.36. The van der Waals surface area contributed by atoms with Gasteiger partial charge in [0, 0.05) is 18.7 Å². The summed E-state index contributed by atoms with van der Waals surface area (Å²) in [4.78, 5) is 0. The van der Waals surface area contributed by atoms with E-state index in [-0.39, 0.29) is 11.1 Å². The van der Waals surface area contributed by atoms with E-state index in [1.54, 1.807) is 0 Å². The Balaban J connectivity index is 2.79. The quantitative estimate of drug-likeness (QED) is 0.685. The van der Waals surface area contributed by atoms with Gasteiger partial charge in [-0.15, -0.1) is 0 Å². The summed E-state index contributed by atoms with van der Waals surface area (Å²) >= 11 is 0. The van der Waals surface area contributed by atoms with Crippen molar-refractivity contribution >= 4 is 7.52 Å². The second-order valence-corrected chi connectivity index (χ2v) is 8.78. The minimum atomic E-state index is -2.56. The first kappa shape index (κ1) is 13.2. The summed E-state index contributed by atoms with van der Waals surface area (Å²) in [6.45, 7) is 12.9. The standard InChI is InChI=1S/C11H24NO2P/c1-10(2)15(13)12(7-6-8-14-15)9-11(3,4)5/h10H,6-9H2,1-5H3/t15-/m1/s1. The fourth-order valence-electron chi connectivity index (χ4n) is 1.86. The van der Waals surface area contributed by atoms with E-state index in [4.69, 9.17) is 4.52 Å². The highest BCUT2D eigenvalue weighted by atomic mass is 31.2. The van der Waals surface area contributed by atoms with E-state index in [1.807, 2.05) is 13.8 Å². The average Bonchev–Trinajstić information content (AvgIpc) is 2.06. The third kappa shape index (κ3) is 3.30. The van der Waals surface area contributed by atoms with Gasteiger partial charge < -0.3 is 4.52 Å². The van der Waals surface area contributed by atoms with Crippen LogP contribution in [0.15, 0.2) is 0 Å². The van der Waals surface area contributed by atoms with Gasteiger partial charge in [0.25, 0.3) is 7.52 Å². The van der Waals surface area contributed by atoms with Gasteiger partial charge in [-0.2, -0.15) is 0 Å². The van der Waals surface area contributed by atoms with Gasteiger partial charge in [-0.25, -0.2) is 4.67 Å². The van der Waals surface area contributed by atoms with Crippen LogP contribution >= 0.6 is 7.52 Å². The van der Waals surface area contributed by atoms with Crippen molar-refractivity contribution in [2.45, 2.75) is 46.7 Å². The van der Waals surface area contributed by atoms with Crippen molar-refractivity contribution in [3.8, 4) is 0 Å². The SMILES string of the molecule is CC(C)[P@@]1(=O)OCCCN1CC(C)(C)C. The number of nitrogens with zero attached hydrogens (tertiary/aromatic N) is 1. The maximum atomic E-state index is 12.6. The molecule has 0 amide bonds. The summed E-state index contributed by atoms with van der Waals surface area (Å²) in [5, 5.41) is 0. The van der Waals surface area contributed by atoms with Crippen LogP contribution in [0.3, 0.4) is 0 Å². The van der Waals surface area contributed by atoms with Gasteiger partial charge in [-0.3, -0.25) is 4.57 Å². The van der Waals surface area contributed by atoms with Crippen LogP contribution in [0, 0.1) is 5.41 Å². The largest absolute Gasteiger partial charge is 0.317 e. The van der Waals surface area contributed by atoms with Gasteiger partial charge in [0.15, 0.2) is 0 Å². The van der Waals surface area contributed by atoms with E-state index in [2.05, 4.69) is 25.4 Å².